The fraction of sp³-hybridized carbons (Fsp3) is 0.385. The van der Waals surface area contributed by atoms with Gasteiger partial charge in [-0.25, -0.2) is 4.98 Å². The number of nitrogen functional groups attached to an aromatic ring is 1. The van der Waals surface area contributed by atoms with Gasteiger partial charge in [-0.3, -0.25) is 0 Å². The Kier molecular flexibility index (Phi) is 2.91. The summed E-state index contributed by atoms with van der Waals surface area (Å²) in [5.74, 6) is 1.65. The molecule has 0 radical (unpaired) electrons. The van der Waals surface area contributed by atoms with Crippen LogP contribution in [0.25, 0.3) is 0 Å². The first-order valence-corrected chi connectivity index (χ1v) is 6.89. The Balaban J connectivity index is 1.69. The maximum atomic E-state index is 5.68. The van der Waals surface area contributed by atoms with Crippen molar-refractivity contribution in [3.05, 3.63) is 35.7 Å². The van der Waals surface area contributed by atoms with Gasteiger partial charge in [0.05, 0.1) is 0 Å². The highest BCUT2D eigenvalue weighted by molar-refractivity contribution is 7.09. The summed E-state index contributed by atoms with van der Waals surface area (Å²) in [6.07, 6.45) is 2.50. The third-order valence-electron chi connectivity index (χ3n) is 3.10. The predicted molar refractivity (Wildman–Crippen MR) is 74.8 cm³/mol. The number of nitrogens with zero attached hydrogens (tertiary/aromatic N) is 3. The fourth-order valence-electron chi connectivity index (χ4n) is 1.85. The maximum Gasteiger partial charge on any atom is 0.205 e. The third kappa shape index (κ3) is 2.46. The van der Waals surface area contributed by atoms with E-state index in [2.05, 4.69) is 26.4 Å². The van der Waals surface area contributed by atoms with E-state index in [1.54, 1.807) is 0 Å². The van der Waals surface area contributed by atoms with Gasteiger partial charge in [0.15, 0.2) is 0 Å². The summed E-state index contributed by atoms with van der Waals surface area (Å²) in [5.41, 5.74) is 7.71. The Morgan fingerprint density at radius 3 is 2.72 bits per heavy atom. The van der Waals surface area contributed by atoms with E-state index in [9.17, 15) is 0 Å². The Morgan fingerprint density at radius 2 is 2.06 bits per heavy atom. The van der Waals surface area contributed by atoms with E-state index in [4.69, 9.17) is 5.73 Å². The molecular formula is C13H16N4S. The van der Waals surface area contributed by atoms with Crippen molar-refractivity contribution in [1.29, 1.82) is 0 Å². The van der Waals surface area contributed by atoms with Crippen LogP contribution in [-0.4, -0.2) is 16.4 Å². The van der Waals surface area contributed by atoms with Crippen molar-refractivity contribution in [2.75, 3.05) is 17.7 Å². The molecule has 0 atom stereocenters. The molecule has 1 saturated carbocycles. The lowest BCUT2D eigenvalue weighted by atomic mass is 10.2. The van der Waals surface area contributed by atoms with E-state index < -0.39 is 0 Å². The molecule has 0 saturated heterocycles. The van der Waals surface area contributed by atoms with Crippen LogP contribution in [0.2, 0.25) is 0 Å². The highest BCUT2D eigenvalue weighted by atomic mass is 32.1. The van der Waals surface area contributed by atoms with Gasteiger partial charge in [0, 0.05) is 36.7 Å². The van der Waals surface area contributed by atoms with E-state index in [0.717, 1.165) is 23.2 Å². The average molecular weight is 260 g/mol. The van der Waals surface area contributed by atoms with Crippen molar-refractivity contribution in [3.8, 4) is 0 Å². The summed E-state index contributed by atoms with van der Waals surface area (Å²) in [4.78, 5) is 6.73. The molecule has 1 aliphatic carbocycles. The van der Waals surface area contributed by atoms with Gasteiger partial charge in [-0.05, 0) is 30.5 Å². The molecule has 5 heteroatoms. The standard InChI is InChI=1S/C13H16N4S/c1-17(8-9-2-6-11(14)7-3-9)13-15-12(16-18-13)10-4-5-10/h2-3,6-7,10H,4-5,8,14H2,1H3. The number of hydrogen-bond acceptors (Lipinski definition) is 5. The third-order valence-corrected chi connectivity index (χ3v) is 3.94. The second kappa shape index (κ2) is 4.57. The zero-order valence-corrected chi connectivity index (χ0v) is 11.2. The Hall–Kier alpha value is -1.62. The van der Waals surface area contributed by atoms with Crippen LogP contribution < -0.4 is 10.6 Å². The van der Waals surface area contributed by atoms with E-state index in [-0.39, 0.29) is 0 Å². The number of rotatable bonds is 4. The van der Waals surface area contributed by atoms with Gasteiger partial charge in [-0.1, -0.05) is 12.1 Å². The summed E-state index contributed by atoms with van der Waals surface area (Å²) in [6, 6.07) is 7.96. The molecule has 0 bridgehead atoms. The molecule has 3 rings (SSSR count). The van der Waals surface area contributed by atoms with E-state index >= 15 is 0 Å². The van der Waals surface area contributed by atoms with Crippen LogP contribution in [0.5, 0.6) is 0 Å². The van der Waals surface area contributed by atoms with E-state index in [0.29, 0.717) is 5.92 Å². The van der Waals surface area contributed by atoms with Crippen molar-refractivity contribution in [1.82, 2.24) is 9.36 Å². The minimum Gasteiger partial charge on any atom is -0.399 e. The number of hydrogen-bond donors (Lipinski definition) is 1. The Bertz CT molecular complexity index is 530. The van der Waals surface area contributed by atoms with Crippen LogP contribution in [0.15, 0.2) is 24.3 Å². The highest BCUT2D eigenvalue weighted by Crippen LogP contribution is 2.39. The Labute approximate surface area is 111 Å². The summed E-state index contributed by atoms with van der Waals surface area (Å²) in [7, 11) is 2.05. The van der Waals surface area contributed by atoms with Gasteiger partial charge >= 0.3 is 0 Å². The predicted octanol–water partition coefficient (Wildman–Crippen LogP) is 2.63. The molecule has 2 aromatic rings. The molecule has 0 aliphatic heterocycles. The molecule has 1 aromatic carbocycles. The van der Waals surface area contributed by atoms with Crippen LogP contribution in [-0.2, 0) is 6.54 Å². The van der Waals surface area contributed by atoms with E-state index in [1.165, 1.54) is 29.9 Å². The van der Waals surface area contributed by atoms with Gasteiger partial charge in [0.1, 0.15) is 5.82 Å². The number of anilines is 2. The van der Waals surface area contributed by atoms with Crippen LogP contribution in [0.3, 0.4) is 0 Å². The van der Waals surface area contributed by atoms with Crippen molar-refractivity contribution in [2.24, 2.45) is 0 Å². The lowest BCUT2D eigenvalue weighted by Gasteiger charge is -2.15. The molecule has 1 aliphatic rings. The second-order valence-corrected chi connectivity index (χ2v) is 5.54. The van der Waals surface area contributed by atoms with Crippen LogP contribution in [0, 0.1) is 0 Å². The topological polar surface area (TPSA) is 55.0 Å². The average Bonchev–Trinajstić information content (AvgIpc) is 3.10. The molecule has 94 valence electrons. The summed E-state index contributed by atoms with van der Waals surface area (Å²) >= 11 is 1.49. The first kappa shape index (κ1) is 11.5. The van der Waals surface area contributed by atoms with Crippen molar-refractivity contribution >= 4 is 22.4 Å². The minimum atomic E-state index is 0.625. The SMILES string of the molecule is CN(Cc1ccc(N)cc1)c1nc(C2CC2)ns1. The first-order chi connectivity index (χ1) is 8.72. The number of benzene rings is 1. The number of aromatic nitrogens is 2. The molecule has 2 N–H and O–H groups in total. The van der Waals surface area contributed by atoms with Crippen LogP contribution in [0.1, 0.15) is 30.1 Å². The maximum absolute atomic E-state index is 5.68. The Morgan fingerprint density at radius 1 is 1.33 bits per heavy atom. The van der Waals surface area contributed by atoms with Crippen molar-refractivity contribution in [3.63, 3.8) is 0 Å². The molecule has 4 nitrogen and oxygen atoms in total. The summed E-state index contributed by atoms with van der Waals surface area (Å²) < 4.78 is 4.42. The van der Waals surface area contributed by atoms with Gasteiger partial charge in [0.2, 0.25) is 5.13 Å². The van der Waals surface area contributed by atoms with Crippen molar-refractivity contribution < 1.29 is 0 Å². The van der Waals surface area contributed by atoms with Crippen LogP contribution >= 0.6 is 11.5 Å². The molecule has 0 amide bonds. The van der Waals surface area contributed by atoms with Gasteiger partial charge in [-0.15, -0.1) is 0 Å². The van der Waals surface area contributed by atoms with Gasteiger partial charge in [-0.2, -0.15) is 4.37 Å². The zero-order chi connectivity index (χ0) is 12.5. The normalized spacial score (nSPS) is 14.7. The molecule has 1 fully saturated rings. The summed E-state index contributed by atoms with van der Waals surface area (Å²) in [5, 5.41) is 0.994. The second-order valence-electron chi connectivity index (χ2n) is 4.81. The molecule has 18 heavy (non-hydrogen) atoms. The van der Waals surface area contributed by atoms with E-state index in [1.807, 2.05) is 19.2 Å². The molecule has 1 heterocycles. The van der Waals surface area contributed by atoms with Crippen molar-refractivity contribution in [2.45, 2.75) is 25.3 Å². The zero-order valence-electron chi connectivity index (χ0n) is 10.3. The van der Waals surface area contributed by atoms with Crippen LogP contribution in [0.4, 0.5) is 10.8 Å². The van der Waals surface area contributed by atoms with Gasteiger partial charge in [0.25, 0.3) is 0 Å². The minimum absolute atomic E-state index is 0.625. The first-order valence-electron chi connectivity index (χ1n) is 6.11. The quantitative estimate of drug-likeness (QED) is 0.859. The molecule has 1 aromatic heterocycles. The number of nitrogens with two attached hydrogens (primary N) is 1. The molecule has 0 unspecified atom stereocenters. The summed E-state index contributed by atoms with van der Waals surface area (Å²) in [6.45, 7) is 0.833. The molecular weight excluding hydrogens is 244 g/mol. The largest absolute Gasteiger partial charge is 0.399 e. The smallest absolute Gasteiger partial charge is 0.205 e. The van der Waals surface area contributed by atoms with Gasteiger partial charge < -0.3 is 10.6 Å². The monoisotopic (exact) mass is 260 g/mol. The fourth-order valence-corrected chi connectivity index (χ4v) is 2.56. The lowest BCUT2D eigenvalue weighted by molar-refractivity contribution is 0.895. The molecule has 0 spiro atoms. The highest BCUT2D eigenvalue weighted by Gasteiger charge is 2.28. The lowest BCUT2D eigenvalue weighted by Crippen LogP contribution is -2.16.